The molecule has 2 amide bonds. The van der Waals surface area contributed by atoms with Gasteiger partial charge in [-0.1, -0.05) is 5.16 Å². The third-order valence-electron chi connectivity index (χ3n) is 3.73. The van der Waals surface area contributed by atoms with Crippen LogP contribution in [0.2, 0.25) is 0 Å². The zero-order chi connectivity index (χ0) is 17.1. The molecule has 1 saturated heterocycles. The molecule has 126 valence electrons. The van der Waals surface area contributed by atoms with Crippen molar-refractivity contribution < 1.29 is 23.6 Å². The molecule has 0 aliphatic carbocycles. The van der Waals surface area contributed by atoms with Crippen LogP contribution < -0.4 is 5.32 Å². The van der Waals surface area contributed by atoms with E-state index in [1.54, 1.807) is 18.7 Å². The fourth-order valence-electron chi connectivity index (χ4n) is 2.52. The molecule has 1 fully saturated rings. The highest BCUT2D eigenvalue weighted by Crippen LogP contribution is 2.24. The molecule has 0 spiro atoms. The predicted octanol–water partition coefficient (Wildman–Crippen LogP) is 1.36. The van der Waals surface area contributed by atoms with E-state index in [2.05, 4.69) is 10.5 Å². The summed E-state index contributed by atoms with van der Waals surface area (Å²) < 4.78 is 9.94. The monoisotopic (exact) mass is 323 g/mol. The maximum atomic E-state index is 12.3. The van der Waals surface area contributed by atoms with Gasteiger partial charge in [0.25, 0.3) is 0 Å². The number of amides is 2. The zero-order valence-electron chi connectivity index (χ0n) is 13.7. The maximum absolute atomic E-state index is 12.3. The summed E-state index contributed by atoms with van der Waals surface area (Å²) >= 11 is 0. The number of aromatic nitrogens is 1. The second kappa shape index (κ2) is 6.80. The highest BCUT2D eigenvalue weighted by Gasteiger charge is 2.36. The smallest absolute Gasteiger partial charge is 0.345 e. The maximum Gasteiger partial charge on any atom is 0.345 e. The minimum Gasteiger partial charge on any atom is -0.462 e. The second-order valence-electron chi connectivity index (χ2n) is 5.72. The molecular formula is C15H21N3O5. The zero-order valence-corrected chi connectivity index (χ0v) is 13.7. The van der Waals surface area contributed by atoms with Crippen LogP contribution in [-0.4, -0.2) is 47.0 Å². The van der Waals surface area contributed by atoms with Gasteiger partial charge in [-0.15, -0.1) is 0 Å². The van der Waals surface area contributed by atoms with E-state index in [1.165, 1.54) is 0 Å². The Bertz CT molecular complexity index is 623. The van der Waals surface area contributed by atoms with Gasteiger partial charge in [0, 0.05) is 19.0 Å². The van der Waals surface area contributed by atoms with E-state index in [0.717, 1.165) is 0 Å². The molecule has 1 atom stereocenters. The first-order chi connectivity index (χ1) is 10.8. The number of hydrogen-bond acceptors (Lipinski definition) is 6. The van der Waals surface area contributed by atoms with E-state index in [-0.39, 0.29) is 42.3 Å². The van der Waals surface area contributed by atoms with Crippen molar-refractivity contribution in [2.75, 3.05) is 18.5 Å². The number of nitrogens with one attached hydrogen (secondary N) is 1. The molecule has 2 heterocycles. The Labute approximate surface area is 134 Å². The third-order valence-corrected chi connectivity index (χ3v) is 3.73. The van der Waals surface area contributed by atoms with E-state index in [0.29, 0.717) is 12.2 Å². The van der Waals surface area contributed by atoms with Crippen molar-refractivity contribution >= 4 is 23.7 Å². The van der Waals surface area contributed by atoms with Crippen molar-refractivity contribution in [1.82, 2.24) is 10.1 Å². The third kappa shape index (κ3) is 3.52. The fraction of sp³-hybridized carbons (Fsp3) is 0.600. The van der Waals surface area contributed by atoms with Crippen molar-refractivity contribution in [1.29, 1.82) is 0 Å². The molecule has 0 aromatic carbocycles. The van der Waals surface area contributed by atoms with Crippen molar-refractivity contribution in [3.8, 4) is 0 Å². The van der Waals surface area contributed by atoms with Crippen LogP contribution in [0.25, 0.3) is 0 Å². The molecule has 1 N–H and O–H groups in total. The van der Waals surface area contributed by atoms with Crippen LogP contribution >= 0.6 is 0 Å². The van der Waals surface area contributed by atoms with Crippen LogP contribution in [0, 0.1) is 12.8 Å². The Morgan fingerprint density at radius 1 is 1.48 bits per heavy atom. The highest BCUT2D eigenvalue weighted by atomic mass is 16.5. The summed E-state index contributed by atoms with van der Waals surface area (Å²) in [6, 6.07) is 0.0444. The Kier molecular flexibility index (Phi) is 5.02. The first-order valence-corrected chi connectivity index (χ1v) is 7.58. The number of esters is 1. The Morgan fingerprint density at radius 3 is 2.74 bits per heavy atom. The van der Waals surface area contributed by atoms with E-state index in [9.17, 15) is 14.4 Å². The van der Waals surface area contributed by atoms with Crippen LogP contribution in [0.4, 0.5) is 5.88 Å². The number of ether oxygens (including phenoxy) is 1. The van der Waals surface area contributed by atoms with Gasteiger partial charge in [0.1, 0.15) is 5.56 Å². The average Bonchev–Trinajstić information content (AvgIpc) is 3.02. The summed E-state index contributed by atoms with van der Waals surface area (Å²) in [7, 11) is 0. The molecule has 0 bridgehead atoms. The number of nitrogens with zero attached hydrogens (tertiary/aromatic N) is 2. The highest BCUT2D eigenvalue weighted by molar-refractivity contribution is 6.02. The van der Waals surface area contributed by atoms with Gasteiger partial charge in [-0.25, -0.2) is 4.79 Å². The molecule has 2 rings (SSSR count). The number of likely N-dealkylation sites (tertiary alicyclic amines) is 1. The number of hydrogen-bond donors (Lipinski definition) is 1. The lowest BCUT2D eigenvalue weighted by atomic mass is 10.1. The summed E-state index contributed by atoms with van der Waals surface area (Å²) in [4.78, 5) is 37.8. The number of anilines is 1. The topological polar surface area (TPSA) is 102 Å². The molecule has 1 aromatic rings. The SMILES string of the molecule is CCOC(=O)c1c(C)noc1NC(=O)C1CC(=O)N(C(C)C)C1. The van der Waals surface area contributed by atoms with Gasteiger partial charge >= 0.3 is 5.97 Å². The van der Waals surface area contributed by atoms with Crippen molar-refractivity contribution in [3.63, 3.8) is 0 Å². The molecular weight excluding hydrogens is 302 g/mol. The fourth-order valence-corrected chi connectivity index (χ4v) is 2.52. The van der Waals surface area contributed by atoms with Crippen molar-refractivity contribution in [3.05, 3.63) is 11.3 Å². The van der Waals surface area contributed by atoms with E-state index in [4.69, 9.17) is 9.26 Å². The molecule has 0 saturated carbocycles. The van der Waals surface area contributed by atoms with E-state index in [1.807, 2.05) is 13.8 Å². The first kappa shape index (κ1) is 17.0. The van der Waals surface area contributed by atoms with Crippen molar-refractivity contribution in [2.45, 2.75) is 40.2 Å². The molecule has 1 aromatic heterocycles. The largest absolute Gasteiger partial charge is 0.462 e. The first-order valence-electron chi connectivity index (χ1n) is 7.58. The summed E-state index contributed by atoms with van der Waals surface area (Å²) in [6.45, 7) is 7.63. The summed E-state index contributed by atoms with van der Waals surface area (Å²) in [5, 5.41) is 6.23. The van der Waals surface area contributed by atoms with Gasteiger partial charge in [0.15, 0.2) is 0 Å². The van der Waals surface area contributed by atoms with Gasteiger partial charge < -0.3 is 14.2 Å². The van der Waals surface area contributed by atoms with Gasteiger partial charge in [0.05, 0.1) is 18.2 Å². The quantitative estimate of drug-likeness (QED) is 0.821. The van der Waals surface area contributed by atoms with Crippen LogP contribution in [0.1, 0.15) is 43.2 Å². The molecule has 8 nitrogen and oxygen atoms in total. The molecule has 0 radical (unpaired) electrons. The summed E-state index contributed by atoms with van der Waals surface area (Å²) in [5.74, 6) is -1.55. The van der Waals surface area contributed by atoms with Gasteiger partial charge in [-0.3, -0.25) is 14.9 Å². The van der Waals surface area contributed by atoms with Crippen LogP contribution in [-0.2, 0) is 14.3 Å². The number of aryl methyl sites for hydroxylation is 1. The Hall–Kier alpha value is -2.38. The van der Waals surface area contributed by atoms with Crippen LogP contribution in [0.15, 0.2) is 4.52 Å². The summed E-state index contributed by atoms with van der Waals surface area (Å²) in [5.41, 5.74) is 0.440. The minimum atomic E-state index is -0.604. The average molecular weight is 323 g/mol. The number of rotatable bonds is 5. The lowest BCUT2D eigenvalue weighted by Gasteiger charge is -2.20. The van der Waals surface area contributed by atoms with E-state index >= 15 is 0 Å². The predicted molar refractivity (Wildman–Crippen MR) is 80.8 cm³/mol. The molecule has 1 aliphatic rings. The molecule has 1 aliphatic heterocycles. The van der Waals surface area contributed by atoms with Crippen molar-refractivity contribution in [2.24, 2.45) is 5.92 Å². The van der Waals surface area contributed by atoms with Crippen LogP contribution in [0.5, 0.6) is 0 Å². The van der Waals surface area contributed by atoms with Gasteiger partial charge in [-0.05, 0) is 27.7 Å². The molecule has 1 unspecified atom stereocenters. The Balaban J connectivity index is 2.10. The van der Waals surface area contributed by atoms with Crippen LogP contribution in [0.3, 0.4) is 0 Å². The minimum absolute atomic E-state index is 0.0404. The Morgan fingerprint density at radius 2 is 2.17 bits per heavy atom. The second-order valence-corrected chi connectivity index (χ2v) is 5.72. The van der Waals surface area contributed by atoms with Gasteiger partial charge in [0.2, 0.25) is 17.7 Å². The van der Waals surface area contributed by atoms with E-state index < -0.39 is 11.9 Å². The normalized spacial score (nSPS) is 17.7. The molecule has 23 heavy (non-hydrogen) atoms. The number of carbonyl (C=O) groups is 3. The van der Waals surface area contributed by atoms with Gasteiger partial charge in [-0.2, -0.15) is 0 Å². The molecule has 8 heteroatoms. The lowest BCUT2D eigenvalue weighted by Crippen LogP contribution is -2.33. The lowest BCUT2D eigenvalue weighted by molar-refractivity contribution is -0.129. The summed E-state index contributed by atoms with van der Waals surface area (Å²) in [6.07, 6.45) is 0.145. The standard InChI is InChI=1S/C15H21N3O5/c1-5-22-15(21)12-9(4)17-23-14(12)16-13(20)10-6-11(19)18(7-10)8(2)3/h8,10H,5-7H2,1-4H3,(H,16,20). The number of carbonyl (C=O) groups excluding carboxylic acids is 3.